The molecule has 0 bridgehead atoms. The van der Waals surface area contributed by atoms with E-state index in [1.807, 2.05) is 30.3 Å². The van der Waals surface area contributed by atoms with E-state index in [2.05, 4.69) is 10.5 Å². The van der Waals surface area contributed by atoms with E-state index in [9.17, 15) is 9.90 Å². The number of thiophene rings is 1. The van der Waals surface area contributed by atoms with Crippen LogP contribution in [0.25, 0.3) is 10.1 Å². The summed E-state index contributed by atoms with van der Waals surface area (Å²) in [7, 11) is 0. The Labute approximate surface area is 137 Å². The van der Waals surface area contributed by atoms with Gasteiger partial charge < -0.3 is 14.9 Å². The van der Waals surface area contributed by atoms with Crippen LogP contribution < -0.4 is 5.32 Å². The van der Waals surface area contributed by atoms with Gasteiger partial charge in [-0.2, -0.15) is 0 Å². The number of benzene rings is 1. The van der Waals surface area contributed by atoms with Crippen LogP contribution in [0.5, 0.6) is 0 Å². The van der Waals surface area contributed by atoms with Crippen LogP contribution in [0.15, 0.2) is 34.9 Å². The zero-order valence-corrected chi connectivity index (χ0v) is 14.0. The molecule has 2 N–H and O–H groups in total. The molecule has 0 saturated carbocycles. The number of fused-ring (bicyclic) bond motifs is 1. The molecule has 0 spiro atoms. The first kappa shape index (κ1) is 15.7. The summed E-state index contributed by atoms with van der Waals surface area (Å²) >= 11 is 1.53. The summed E-state index contributed by atoms with van der Waals surface area (Å²) in [4.78, 5) is 13.1. The van der Waals surface area contributed by atoms with Crippen LogP contribution in [-0.4, -0.2) is 22.7 Å². The van der Waals surface area contributed by atoms with Gasteiger partial charge in [0.05, 0.1) is 12.2 Å². The highest BCUT2D eigenvalue weighted by Crippen LogP contribution is 2.32. The van der Waals surface area contributed by atoms with Crippen molar-refractivity contribution in [2.24, 2.45) is 0 Å². The third-order valence-corrected chi connectivity index (χ3v) is 5.18. The normalized spacial score (nSPS) is 13.9. The van der Waals surface area contributed by atoms with Gasteiger partial charge in [-0.1, -0.05) is 23.4 Å². The molecule has 0 aliphatic carbocycles. The molecule has 3 rings (SSSR count). The number of aryl methyl sites for hydroxylation is 2. The number of aromatic nitrogens is 1. The van der Waals surface area contributed by atoms with Crippen molar-refractivity contribution in [1.29, 1.82) is 0 Å². The summed E-state index contributed by atoms with van der Waals surface area (Å²) in [6.07, 6.45) is 0. The molecule has 1 atom stereocenters. The van der Waals surface area contributed by atoms with E-state index >= 15 is 0 Å². The lowest BCUT2D eigenvalue weighted by Crippen LogP contribution is -2.38. The first-order valence-electron chi connectivity index (χ1n) is 7.31. The molecule has 0 aliphatic rings. The number of aliphatic hydroxyl groups is 1. The molecule has 1 amide bonds. The lowest BCUT2D eigenvalue weighted by atomic mass is 10.0. The zero-order valence-electron chi connectivity index (χ0n) is 13.2. The molecule has 0 aliphatic heterocycles. The van der Waals surface area contributed by atoms with E-state index in [4.69, 9.17) is 4.52 Å². The van der Waals surface area contributed by atoms with Gasteiger partial charge in [0.15, 0.2) is 0 Å². The largest absolute Gasteiger partial charge is 0.383 e. The van der Waals surface area contributed by atoms with Gasteiger partial charge in [0.1, 0.15) is 16.9 Å². The zero-order chi connectivity index (χ0) is 16.6. The van der Waals surface area contributed by atoms with Gasteiger partial charge in [-0.15, -0.1) is 11.3 Å². The summed E-state index contributed by atoms with van der Waals surface area (Å²) in [6, 6.07) is 9.92. The lowest BCUT2D eigenvalue weighted by molar-refractivity contribution is 0.0556. The second kappa shape index (κ2) is 5.79. The van der Waals surface area contributed by atoms with Crippen molar-refractivity contribution in [1.82, 2.24) is 10.5 Å². The fourth-order valence-electron chi connectivity index (χ4n) is 2.48. The van der Waals surface area contributed by atoms with Crippen LogP contribution >= 0.6 is 11.3 Å². The second-order valence-electron chi connectivity index (χ2n) is 5.80. The third-order valence-electron chi connectivity index (χ3n) is 3.81. The Balaban J connectivity index is 1.77. The Morgan fingerprint density at radius 2 is 2.13 bits per heavy atom. The lowest BCUT2D eigenvalue weighted by Gasteiger charge is -2.22. The van der Waals surface area contributed by atoms with Gasteiger partial charge in [-0.3, -0.25) is 4.79 Å². The van der Waals surface area contributed by atoms with Crippen LogP contribution in [-0.2, 0) is 5.60 Å². The highest BCUT2D eigenvalue weighted by molar-refractivity contribution is 7.19. The van der Waals surface area contributed by atoms with Crippen LogP contribution in [0, 0.1) is 13.8 Å². The SMILES string of the molecule is Cc1noc(C)c1C(=O)NC[C@@](C)(O)c1cc2ccccc2s1. The van der Waals surface area contributed by atoms with Crippen LogP contribution in [0.1, 0.15) is 33.6 Å². The van der Waals surface area contributed by atoms with Gasteiger partial charge in [0, 0.05) is 9.58 Å². The number of hydrogen-bond donors (Lipinski definition) is 2. The minimum Gasteiger partial charge on any atom is -0.383 e. The van der Waals surface area contributed by atoms with Crippen molar-refractivity contribution in [2.75, 3.05) is 6.54 Å². The van der Waals surface area contributed by atoms with E-state index in [0.29, 0.717) is 17.0 Å². The molecule has 2 aromatic heterocycles. The second-order valence-corrected chi connectivity index (χ2v) is 6.89. The molecular formula is C17H18N2O3S. The van der Waals surface area contributed by atoms with Crippen molar-refractivity contribution in [2.45, 2.75) is 26.4 Å². The molecule has 23 heavy (non-hydrogen) atoms. The Hall–Kier alpha value is -2.18. The maximum Gasteiger partial charge on any atom is 0.256 e. The molecule has 1 aromatic carbocycles. The summed E-state index contributed by atoms with van der Waals surface area (Å²) in [5, 5.41) is 18.4. The molecule has 6 heteroatoms. The molecule has 0 fully saturated rings. The molecule has 0 unspecified atom stereocenters. The predicted molar refractivity (Wildman–Crippen MR) is 89.7 cm³/mol. The molecule has 0 radical (unpaired) electrons. The van der Waals surface area contributed by atoms with Gasteiger partial charge in [0.25, 0.3) is 5.91 Å². The quantitative estimate of drug-likeness (QED) is 0.770. The minimum absolute atomic E-state index is 0.114. The van der Waals surface area contributed by atoms with Crippen molar-refractivity contribution in [3.63, 3.8) is 0 Å². The molecule has 0 saturated heterocycles. The highest BCUT2D eigenvalue weighted by Gasteiger charge is 2.27. The van der Waals surface area contributed by atoms with E-state index in [0.717, 1.165) is 15.0 Å². The van der Waals surface area contributed by atoms with Gasteiger partial charge in [-0.05, 0) is 38.3 Å². The number of carbonyl (C=O) groups is 1. The summed E-state index contributed by atoms with van der Waals surface area (Å²) < 4.78 is 6.11. The summed E-state index contributed by atoms with van der Waals surface area (Å²) in [5.41, 5.74) is -0.170. The Bertz CT molecular complexity index is 811. The molecule has 120 valence electrons. The average Bonchev–Trinajstić information content (AvgIpc) is 3.09. The summed E-state index contributed by atoms with van der Waals surface area (Å²) in [6.45, 7) is 5.22. The Kier molecular flexibility index (Phi) is 3.95. The minimum atomic E-state index is -1.14. The highest BCUT2D eigenvalue weighted by atomic mass is 32.1. The van der Waals surface area contributed by atoms with E-state index in [-0.39, 0.29) is 12.5 Å². The van der Waals surface area contributed by atoms with Crippen molar-refractivity contribution >= 4 is 27.3 Å². The first-order chi connectivity index (χ1) is 10.9. The Morgan fingerprint density at radius 1 is 1.39 bits per heavy atom. The molecule has 2 heterocycles. The van der Waals surface area contributed by atoms with E-state index < -0.39 is 5.60 Å². The summed E-state index contributed by atoms with van der Waals surface area (Å²) in [5.74, 6) is 0.184. The van der Waals surface area contributed by atoms with Gasteiger partial charge in [-0.25, -0.2) is 0 Å². The Morgan fingerprint density at radius 3 is 2.78 bits per heavy atom. The smallest absolute Gasteiger partial charge is 0.256 e. The maximum absolute atomic E-state index is 12.3. The van der Waals surface area contributed by atoms with Crippen LogP contribution in [0.2, 0.25) is 0 Å². The topological polar surface area (TPSA) is 75.4 Å². The van der Waals surface area contributed by atoms with E-state index in [1.165, 1.54) is 11.3 Å². The standard InChI is InChI=1S/C17H18N2O3S/c1-10-15(11(2)22-19-10)16(20)18-9-17(3,21)14-8-12-6-4-5-7-13(12)23-14/h4-8,21H,9H2,1-3H3,(H,18,20)/t17-/m1/s1. The number of nitrogens with zero attached hydrogens (tertiary/aromatic N) is 1. The van der Waals surface area contributed by atoms with Crippen molar-refractivity contribution in [3.8, 4) is 0 Å². The van der Waals surface area contributed by atoms with Gasteiger partial charge >= 0.3 is 0 Å². The fourth-order valence-corrected chi connectivity index (χ4v) is 3.59. The van der Waals surface area contributed by atoms with Crippen molar-refractivity contribution in [3.05, 3.63) is 52.2 Å². The van der Waals surface area contributed by atoms with Crippen LogP contribution in [0.4, 0.5) is 0 Å². The molecule has 3 aromatic rings. The van der Waals surface area contributed by atoms with E-state index in [1.54, 1.807) is 20.8 Å². The molecular weight excluding hydrogens is 312 g/mol. The van der Waals surface area contributed by atoms with Crippen molar-refractivity contribution < 1.29 is 14.4 Å². The third kappa shape index (κ3) is 3.00. The van der Waals surface area contributed by atoms with Gasteiger partial charge in [0.2, 0.25) is 0 Å². The number of carbonyl (C=O) groups excluding carboxylic acids is 1. The van der Waals surface area contributed by atoms with Crippen LogP contribution in [0.3, 0.4) is 0 Å². The maximum atomic E-state index is 12.3. The average molecular weight is 330 g/mol. The monoisotopic (exact) mass is 330 g/mol. The number of hydrogen-bond acceptors (Lipinski definition) is 5. The number of amides is 1. The fraction of sp³-hybridized carbons (Fsp3) is 0.294. The predicted octanol–water partition coefficient (Wildman–Crippen LogP) is 3.14. The first-order valence-corrected chi connectivity index (χ1v) is 8.12. The number of nitrogens with one attached hydrogen (secondary N) is 1. The molecule has 5 nitrogen and oxygen atoms in total. The number of rotatable bonds is 4.